The van der Waals surface area contributed by atoms with Crippen LogP contribution in [-0.2, 0) is 6.54 Å². The molecule has 1 aliphatic rings. The van der Waals surface area contributed by atoms with Crippen LogP contribution in [0, 0.1) is 13.8 Å². The molecule has 0 amide bonds. The third kappa shape index (κ3) is 2.41. The largest absolute Gasteiger partial charge is 0.310 e. The zero-order valence-corrected chi connectivity index (χ0v) is 10.7. The second-order valence-corrected chi connectivity index (χ2v) is 4.84. The Morgan fingerprint density at radius 2 is 2.22 bits per heavy atom. The van der Waals surface area contributed by atoms with E-state index in [1.165, 1.54) is 12.8 Å². The summed E-state index contributed by atoms with van der Waals surface area (Å²) < 4.78 is 1.71. The SMILES string of the molecule is Cc1ccn(-c2ncc(CNC3CC3)c(C)n2)n1. The summed E-state index contributed by atoms with van der Waals surface area (Å²) in [5.41, 5.74) is 3.14. The topological polar surface area (TPSA) is 55.6 Å². The molecular weight excluding hydrogens is 226 g/mol. The van der Waals surface area contributed by atoms with Crippen LogP contribution in [0.15, 0.2) is 18.5 Å². The minimum absolute atomic E-state index is 0.635. The Morgan fingerprint density at radius 3 is 2.83 bits per heavy atom. The maximum Gasteiger partial charge on any atom is 0.250 e. The number of hydrogen-bond acceptors (Lipinski definition) is 4. The molecule has 1 aliphatic carbocycles. The first kappa shape index (κ1) is 11.3. The van der Waals surface area contributed by atoms with Crippen LogP contribution in [0.2, 0.25) is 0 Å². The summed E-state index contributed by atoms with van der Waals surface area (Å²) in [6, 6.07) is 2.65. The van der Waals surface area contributed by atoms with Crippen molar-refractivity contribution in [3.05, 3.63) is 35.4 Å². The Morgan fingerprint density at radius 1 is 1.39 bits per heavy atom. The van der Waals surface area contributed by atoms with E-state index in [1.54, 1.807) is 4.68 Å². The molecule has 0 unspecified atom stereocenters. The van der Waals surface area contributed by atoms with Crippen molar-refractivity contribution in [1.82, 2.24) is 25.1 Å². The predicted molar refractivity (Wildman–Crippen MR) is 68.5 cm³/mol. The first-order valence-corrected chi connectivity index (χ1v) is 6.31. The van der Waals surface area contributed by atoms with Gasteiger partial charge in [0.15, 0.2) is 0 Å². The lowest BCUT2D eigenvalue weighted by Gasteiger charge is -2.07. The normalized spacial score (nSPS) is 15.0. The highest BCUT2D eigenvalue weighted by Gasteiger charge is 2.20. The van der Waals surface area contributed by atoms with Crippen molar-refractivity contribution in [2.24, 2.45) is 0 Å². The minimum atomic E-state index is 0.635. The molecule has 18 heavy (non-hydrogen) atoms. The molecule has 1 N–H and O–H groups in total. The Bertz CT molecular complexity index is 556. The molecule has 0 bridgehead atoms. The molecule has 1 fully saturated rings. The van der Waals surface area contributed by atoms with E-state index < -0.39 is 0 Å². The average molecular weight is 243 g/mol. The van der Waals surface area contributed by atoms with Gasteiger partial charge in [-0.05, 0) is 32.8 Å². The lowest BCUT2D eigenvalue weighted by Crippen LogP contribution is -2.17. The van der Waals surface area contributed by atoms with Crippen molar-refractivity contribution < 1.29 is 0 Å². The molecule has 0 aromatic carbocycles. The molecule has 0 spiro atoms. The second-order valence-electron chi connectivity index (χ2n) is 4.84. The highest BCUT2D eigenvalue weighted by Crippen LogP contribution is 2.19. The summed E-state index contributed by atoms with van der Waals surface area (Å²) in [5.74, 6) is 0.635. The number of aryl methyl sites for hydroxylation is 2. The fourth-order valence-electron chi connectivity index (χ4n) is 1.83. The molecular formula is C13H17N5. The number of nitrogens with one attached hydrogen (secondary N) is 1. The van der Waals surface area contributed by atoms with Gasteiger partial charge in [0, 0.05) is 36.2 Å². The Labute approximate surface area is 106 Å². The Hall–Kier alpha value is -1.75. The highest BCUT2D eigenvalue weighted by molar-refractivity contribution is 5.21. The summed E-state index contributed by atoms with van der Waals surface area (Å²) in [6.07, 6.45) is 6.37. The summed E-state index contributed by atoms with van der Waals surface area (Å²) in [5, 5.41) is 7.79. The molecule has 2 aromatic rings. The van der Waals surface area contributed by atoms with Crippen LogP contribution in [0.5, 0.6) is 0 Å². The van der Waals surface area contributed by atoms with Crippen molar-refractivity contribution in [2.75, 3.05) is 0 Å². The average Bonchev–Trinajstić information content (AvgIpc) is 3.08. The van der Waals surface area contributed by atoms with Gasteiger partial charge in [0.25, 0.3) is 5.95 Å². The summed E-state index contributed by atoms with van der Waals surface area (Å²) >= 11 is 0. The van der Waals surface area contributed by atoms with Crippen LogP contribution < -0.4 is 5.32 Å². The molecule has 0 saturated heterocycles. The van der Waals surface area contributed by atoms with Crippen LogP contribution in [0.4, 0.5) is 0 Å². The van der Waals surface area contributed by atoms with Gasteiger partial charge in [0.1, 0.15) is 0 Å². The van der Waals surface area contributed by atoms with E-state index in [9.17, 15) is 0 Å². The van der Waals surface area contributed by atoms with Gasteiger partial charge in [0.05, 0.1) is 5.69 Å². The summed E-state index contributed by atoms with van der Waals surface area (Å²) in [4.78, 5) is 8.88. The van der Waals surface area contributed by atoms with E-state index >= 15 is 0 Å². The standard InChI is InChI=1S/C13H17N5/c1-9-5-6-18(17-9)13-15-8-11(10(2)16-13)7-14-12-3-4-12/h5-6,8,12,14H,3-4,7H2,1-2H3. The second kappa shape index (κ2) is 4.49. The Balaban J connectivity index is 1.79. The zero-order valence-electron chi connectivity index (χ0n) is 10.7. The molecule has 5 nitrogen and oxygen atoms in total. The quantitative estimate of drug-likeness (QED) is 0.884. The maximum absolute atomic E-state index is 4.50. The fraction of sp³-hybridized carbons (Fsp3) is 0.462. The number of nitrogens with zero attached hydrogens (tertiary/aromatic N) is 4. The van der Waals surface area contributed by atoms with Gasteiger partial charge in [-0.3, -0.25) is 0 Å². The highest BCUT2D eigenvalue weighted by atomic mass is 15.3. The summed E-state index contributed by atoms with van der Waals surface area (Å²) in [7, 11) is 0. The fourth-order valence-corrected chi connectivity index (χ4v) is 1.83. The van der Waals surface area contributed by atoms with Gasteiger partial charge in [-0.25, -0.2) is 14.6 Å². The van der Waals surface area contributed by atoms with Crippen LogP contribution in [0.25, 0.3) is 5.95 Å². The first-order valence-electron chi connectivity index (χ1n) is 6.31. The van der Waals surface area contributed by atoms with Crippen LogP contribution in [0.1, 0.15) is 29.8 Å². The van der Waals surface area contributed by atoms with Crippen molar-refractivity contribution in [3.63, 3.8) is 0 Å². The minimum Gasteiger partial charge on any atom is -0.310 e. The molecule has 0 atom stereocenters. The van der Waals surface area contributed by atoms with Crippen molar-refractivity contribution >= 4 is 0 Å². The van der Waals surface area contributed by atoms with Crippen molar-refractivity contribution in [2.45, 2.75) is 39.3 Å². The van der Waals surface area contributed by atoms with Crippen molar-refractivity contribution in [3.8, 4) is 5.95 Å². The number of aromatic nitrogens is 4. The van der Waals surface area contributed by atoms with Gasteiger partial charge in [-0.1, -0.05) is 0 Å². The van der Waals surface area contributed by atoms with E-state index in [4.69, 9.17) is 0 Å². The molecule has 2 heterocycles. The summed E-state index contributed by atoms with van der Waals surface area (Å²) in [6.45, 7) is 4.83. The van der Waals surface area contributed by atoms with E-state index in [2.05, 4.69) is 20.4 Å². The molecule has 0 aliphatic heterocycles. The smallest absolute Gasteiger partial charge is 0.250 e. The van der Waals surface area contributed by atoms with E-state index in [1.807, 2.05) is 32.3 Å². The Kier molecular flexibility index (Phi) is 2.83. The van der Waals surface area contributed by atoms with Gasteiger partial charge in [0.2, 0.25) is 0 Å². The van der Waals surface area contributed by atoms with Crippen LogP contribution in [-0.4, -0.2) is 25.8 Å². The van der Waals surface area contributed by atoms with Crippen LogP contribution >= 0.6 is 0 Å². The van der Waals surface area contributed by atoms with Gasteiger partial charge in [-0.15, -0.1) is 0 Å². The lowest BCUT2D eigenvalue weighted by atomic mass is 10.2. The van der Waals surface area contributed by atoms with E-state index in [0.29, 0.717) is 12.0 Å². The van der Waals surface area contributed by atoms with Gasteiger partial charge < -0.3 is 5.32 Å². The van der Waals surface area contributed by atoms with Crippen molar-refractivity contribution in [1.29, 1.82) is 0 Å². The first-order chi connectivity index (χ1) is 8.72. The van der Waals surface area contributed by atoms with Gasteiger partial charge >= 0.3 is 0 Å². The van der Waals surface area contributed by atoms with Gasteiger partial charge in [-0.2, -0.15) is 5.10 Å². The molecule has 5 heteroatoms. The number of rotatable bonds is 4. The van der Waals surface area contributed by atoms with E-state index in [-0.39, 0.29) is 0 Å². The third-order valence-electron chi connectivity index (χ3n) is 3.15. The zero-order chi connectivity index (χ0) is 12.5. The van der Waals surface area contributed by atoms with Crippen LogP contribution in [0.3, 0.4) is 0 Å². The third-order valence-corrected chi connectivity index (χ3v) is 3.15. The molecule has 94 valence electrons. The lowest BCUT2D eigenvalue weighted by molar-refractivity contribution is 0.675. The number of hydrogen-bond donors (Lipinski definition) is 1. The monoisotopic (exact) mass is 243 g/mol. The molecule has 1 saturated carbocycles. The van der Waals surface area contributed by atoms with E-state index in [0.717, 1.165) is 23.5 Å². The maximum atomic E-state index is 4.50. The molecule has 2 aromatic heterocycles. The molecule has 3 rings (SSSR count). The predicted octanol–water partition coefficient (Wildman–Crippen LogP) is 1.53. The molecule has 0 radical (unpaired) electrons.